The zero-order chi connectivity index (χ0) is 15.1. The first-order valence-electron chi connectivity index (χ1n) is 6.43. The molecule has 2 unspecified atom stereocenters. The van der Waals surface area contributed by atoms with E-state index in [-0.39, 0.29) is 31.3 Å². The van der Waals surface area contributed by atoms with Gasteiger partial charge in [-0.3, -0.25) is 9.59 Å². The summed E-state index contributed by atoms with van der Waals surface area (Å²) in [6.07, 6.45) is 0.695. The minimum absolute atomic E-state index is 0.0382. The Morgan fingerprint density at radius 1 is 1.60 bits per heavy atom. The van der Waals surface area contributed by atoms with Gasteiger partial charge in [-0.2, -0.15) is 0 Å². The van der Waals surface area contributed by atoms with Crippen LogP contribution in [0.3, 0.4) is 0 Å². The third-order valence-corrected chi connectivity index (χ3v) is 3.06. The first-order valence-corrected chi connectivity index (χ1v) is 6.43. The third-order valence-electron chi connectivity index (χ3n) is 3.06. The van der Waals surface area contributed by atoms with Crippen LogP contribution in [0.4, 0.5) is 0 Å². The van der Waals surface area contributed by atoms with Gasteiger partial charge in [0.15, 0.2) is 0 Å². The van der Waals surface area contributed by atoms with Gasteiger partial charge in [0, 0.05) is 19.5 Å². The van der Waals surface area contributed by atoms with Crippen LogP contribution < -0.4 is 10.6 Å². The molecule has 1 aliphatic heterocycles. The number of piperazine rings is 1. The number of hydrogen-bond acceptors (Lipinski definition) is 5. The molecule has 0 aliphatic carbocycles. The molecule has 0 aromatic heterocycles. The monoisotopic (exact) mass is 285 g/mol. The SMILES string of the molecule is CC1NCCN(CC(=O)NC(CCC=O)C(=O)O)C1=O. The van der Waals surface area contributed by atoms with Crippen LogP contribution in [0.5, 0.6) is 0 Å². The van der Waals surface area contributed by atoms with Crippen molar-refractivity contribution in [3.63, 3.8) is 0 Å². The molecule has 1 saturated heterocycles. The van der Waals surface area contributed by atoms with Crippen molar-refractivity contribution >= 4 is 24.1 Å². The molecule has 2 amide bonds. The molecular weight excluding hydrogens is 266 g/mol. The first-order chi connectivity index (χ1) is 9.45. The zero-order valence-corrected chi connectivity index (χ0v) is 11.3. The number of carbonyl (C=O) groups is 4. The van der Waals surface area contributed by atoms with Gasteiger partial charge < -0.3 is 25.4 Å². The zero-order valence-electron chi connectivity index (χ0n) is 11.3. The molecule has 20 heavy (non-hydrogen) atoms. The van der Waals surface area contributed by atoms with Gasteiger partial charge in [0.1, 0.15) is 12.3 Å². The molecule has 3 N–H and O–H groups in total. The summed E-state index contributed by atoms with van der Waals surface area (Å²) in [5.74, 6) is -1.92. The quantitative estimate of drug-likeness (QED) is 0.483. The number of amides is 2. The molecule has 0 spiro atoms. The second-order valence-corrected chi connectivity index (χ2v) is 4.64. The van der Waals surface area contributed by atoms with Crippen molar-refractivity contribution in [1.29, 1.82) is 0 Å². The summed E-state index contributed by atoms with van der Waals surface area (Å²) in [6, 6.07) is -1.45. The van der Waals surface area contributed by atoms with Gasteiger partial charge in [0.2, 0.25) is 11.8 Å². The minimum atomic E-state index is -1.19. The Morgan fingerprint density at radius 3 is 2.90 bits per heavy atom. The fourth-order valence-corrected chi connectivity index (χ4v) is 1.95. The molecule has 0 aromatic rings. The van der Waals surface area contributed by atoms with Gasteiger partial charge in [-0.15, -0.1) is 0 Å². The summed E-state index contributed by atoms with van der Waals surface area (Å²) in [4.78, 5) is 46.1. The predicted octanol–water partition coefficient (Wildman–Crippen LogP) is -1.64. The Morgan fingerprint density at radius 2 is 2.30 bits per heavy atom. The molecule has 8 heteroatoms. The maximum absolute atomic E-state index is 11.8. The van der Waals surface area contributed by atoms with Crippen LogP contribution >= 0.6 is 0 Å². The summed E-state index contributed by atoms with van der Waals surface area (Å²) >= 11 is 0. The van der Waals surface area contributed by atoms with Crippen LogP contribution in [0.25, 0.3) is 0 Å². The molecule has 8 nitrogen and oxygen atoms in total. The number of nitrogens with zero attached hydrogens (tertiary/aromatic N) is 1. The highest BCUT2D eigenvalue weighted by Crippen LogP contribution is 2.01. The number of carboxylic acid groups (broad SMARTS) is 1. The van der Waals surface area contributed by atoms with Gasteiger partial charge in [0.25, 0.3) is 0 Å². The lowest BCUT2D eigenvalue weighted by Crippen LogP contribution is -2.56. The highest BCUT2D eigenvalue weighted by molar-refractivity contribution is 5.89. The van der Waals surface area contributed by atoms with Gasteiger partial charge in [-0.05, 0) is 13.3 Å². The molecule has 1 heterocycles. The summed E-state index contributed by atoms with van der Waals surface area (Å²) in [7, 11) is 0. The van der Waals surface area contributed by atoms with Crippen LogP contribution in [-0.4, -0.2) is 65.8 Å². The van der Waals surface area contributed by atoms with Crippen molar-refractivity contribution < 1.29 is 24.3 Å². The van der Waals surface area contributed by atoms with Gasteiger partial charge in [-0.25, -0.2) is 4.79 Å². The van der Waals surface area contributed by atoms with Crippen LogP contribution in [0.2, 0.25) is 0 Å². The predicted molar refractivity (Wildman–Crippen MR) is 68.9 cm³/mol. The molecule has 1 fully saturated rings. The Hall–Kier alpha value is -1.96. The Balaban J connectivity index is 2.50. The molecule has 2 atom stereocenters. The largest absolute Gasteiger partial charge is 0.480 e. The fourth-order valence-electron chi connectivity index (χ4n) is 1.95. The Labute approximate surface area is 116 Å². The number of rotatable bonds is 7. The van der Waals surface area contributed by atoms with E-state index in [1.807, 2.05) is 0 Å². The van der Waals surface area contributed by atoms with Gasteiger partial charge >= 0.3 is 5.97 Å². The second kappa shape index (κ2) is 7.59. The average molecular weight is 285 g/mol. The molecule has 0 saturated carbocycles. The summed E-state index contributed by atoms with van der Waals surface area (Å²) in [5.41, 5.74) is 0. The van der Waals surface area contributed by atoms with E-state index in [1.165, 1.54) is 4.90 Å². The Bertz CT molecular complexity index is 399. The van der Waals surface area contributed by atoms with E-state index in [0.717, 1.165) is 0 Å². The van der Waals surface area contributed by atoms with Crippen LogP contribution in [0, 0.1) is 0 Å². The maximum Gasteiger partial charge on any atom is 0.326 e. The number of nitrogens with one attached hydrogen (secondary N) is 2. The van der Waals surface area contributed by atoms with Crippen molar-refractivity contribution in [2.45, 2.75) is 31.8 Å². The van der Waals surface area contributed by atoms with Crippen LogP contribution in [-0.2, 0) is 19.2 Å². The number of carboxylic acids is 1. The van der Waals surface area contributed by atoms with E-state index in [1.54, 1.807) is 6.92 Å². The van der Waals surface area contributed by atoms with E-state index in [2.05, 4.69) is 10.6 Å². The Kier molecular flexibility index (Phi) is 6.10. The van der Waals surface area contributed by atoms with Crippen molar-refractivity contribution in [1.82, 2.24) is 15.5 Å². The van der Waals surface area contributed by atoms with E-state index in [9.17, 15) is 19.2 Å². The second-order valence-electron chi connectivity index (χ2n) is 4.64. The molecular formula is C12H19N3O5. The van der Waals surface area contributed by atoms with Crippen LogP contribution in [0.1, 0.15) is 19.8 Å². The lowest BCUT2D eigenvalue weighted by Gasteiger charge is -2.31. The lowest BCUT2D eigenvalue weighted by molar-refractivity contribution is -0.143. The summed E-state index contributed by atoms with van der Waals surface area (Å²) < 4.78 is 0. The minimum Gasteiger partial charge on any atom is -0.480 e. The van der Waals surface area contributed by atoms with E-state index < -0.39 is 17.9 Å². The standard InChI is InChI=1S/C12H19N3O5/c1-8-11(18)15(5-4-13-8)7-10(17)14-9(12(19)20)3-2-6-16/h6,8-9,13H,2-5,7H2,1H3,(H,14,17)(H,19,20). The van der Waals surface area contributed by atoms with Crippen molar-refractivity contribution in [3.8, 4) is 0 Å². The molecule has 1 aliphatic rings. The molecule has 0 radical (unpaired) electrons. The third kappa shape index (κ3) is 4.61. The van der Waals surface area contributed by atoms with Crippen molar-refractivity contribution in [2.24, 2.45) is 0 Å². The van der Waals surface area contributed by atoms with E-state index >= 15 is 0 Å². The number of hydrogen-bond donors (Lipinski definition) is 3. The van der Waals surface area contributed by atoms with E-state index in [0.29, 0.717) is 19.4 Å². The molecule has 112 valence electrons. The van der Waals surface area contributed by atoms with Crippen molar-refractivity contribution in [3.05, 3.63) is 0 Å². The average Bonchev–Trinajstić information content (AvgIpc) is 2.39. The number of aldehydes is 1. The molecule has 0 bridgehead atoms. The first kappa shape index (κ1) is 16.1. The fraction of sp³-hybridized carbons (Fsp3) is 0.667. The van der Waals surface area contributed by atoms with Gasteiger partial charge in [0.05, 0.1) is 12.6 Å². The maximum atomic E-state index is 11.8. The topological polar surface area (TPSA) is 116 Å². The van der Waals surface area contributed by atoms with E-state index in [4.69, 9.17) is 5.11 Å². The normalized spacial score (nSPS) is 20.4. The summed E-state index contributed by atoms with van der Waals surface area (Å²) in [5, 5.41) is 14.2. The van der Waals surface area contributed by atoms with Crippen molar-refractivity contribution in [2.75, 3.05) is 19.6 Å². The lowest BCUT2D eigenvalue weighted by atomic mass is 10.1. The van der Waals surface area contributed by atoms with Crippen LogP contribution in [0.15, 0.2) is 0 Å². The highest BCUT2D eigenvalue weighted by Gasteiger charge is 2.27. The summed E-state index contributed by atoms with van der Waals surface area (Å²) in [6.45, 7) is 2.53. The number of carbonyl (C=O) groups excluding carboxylic acids is 3. The van der Waals surface area contributed by atoms with Gasteiger partial charge in [-0.1, -0.05) is 0 Å². The number of aliphatic carboxylic acids is 1. The molecule has 1 rings (SSSR count). The smallest absolute Gasteiger partial charge is 0.326 e. The highest BCUT2D eigenvalue weighted by atomic mass is 16.4. The molecule has 0 aromatic carbocycles.